The van der Waals surface area contributed by atoms with Gasteiger partial charge in [-0.1, -0.05) is 42.5 Å². The van der Waals surface area contributed by atoms with Gasteiger partial charge < -0.3 is 0 Å². The second-order valence-electron chi connectivity index (χ2n) is 4.47. The molecule has 0 aliphatic carbocycles. The van der Waals surface area contributed by atoms with Gasteiger partial charge in [0.25, 0.3) is 0 Å². The van der Waals surface area contributed by atoms with Crippen LogP contribution in [0.25, 0.3) is 21.7 Å². The Morgan fingerprint density at radius 3 is 2.16 bits per heavy atom. The van der Waals surface area contributed by atoms with E-state index in [9.17, 15) is 13.2 Å². The van der Waals surface area contributed by atoms with Crippen LogP contribution in [0.5, 0.6) is 0 Å². The van der Waals surface area contributed by atoms with Gasteiger partial charge in [0.2, 0.25) is 0 Å². The van der Waals surface area contributed by atoms with E-state index in [-0.39, 0.29) is 5.39 Å². The third-order valence-electron chi connectivity index (χ3n) is 3.20. The molecule has 96 valence electrons. The maximum Gasteiger partial charge on any atom is 0.433 e. The molecule has 0 atom stereocenters. The minimum Gasteiger partial charge on any atom is -0.242 e. The SMILES string of the molecule is Cc1cccc2c1nc(C(F)(F)F)c1ccccc12. The summed E-state index contributed by atoms with van der Waals surface area (Å²) >= 11 is 0. The van der Waals surface area contributed by atoms with Crippen LogP contribution in [0, 0.1) is 6.92 Å². The Hall–Kier alpha value is -2.10. The Bertz CT molecular complexity index is 775. The Morgan fingerprint density at radius 2 is 1.47 bits per heavy atom. The first-order valence-electron chi connectivity index (χ1n) is 5.84. The van der Waals surface area contributed by atoms with Crippen LogP contribution in [0.15, 0.2) is 42.5 Å². The van der Waals surface area contributed by atoms with Crippen LogP contribution < -0.4 is 0 Å². The molecule has 0 fully saturated rings. The zero-order valence-corrected chi connectivity index (χ0v) is 10.1. The highest BCUT2D eigenvalue weighted by atomic mass is 19.4. The molecule has 0 aliphatic rings. The van der Waals surface area contributed by atoms with Gasteiger partial charge in [-0.15, -0.1) is 0 Å². The van der Waals surface area contributed by atoms with E-state index in [0.717, 1.165) is 10.9 Å². The lowest BCUT2D eigenvalue weighted by molar-refractivity contribution is -0.139. The summed E-state index contributed by atoms with van der Waals surface area (Å²) < 4.78 is 39.3. The number of para-hydroxylation sites is 1. The van der Waals surface area contributed by atoms with Crippen LogP contribution in [0.4, 0.5) is 13.2 Å². The number of hydrogen-bond acceptors (Lipinski definition) is 1. The fraction of sp³-hybridized carbons (Fsp3) is 0.133. The van der Waals surface area contributed by atoms with Gasteiger partial charge in [0.1, 0.15) is 0 Å². The maximum absolute atomic E-state index is 13.1. The van der Waals surface area contributed by atoms with Gasteiger partial charge >= 0.3 is 6.18 Å². The van der Waals surface area contributed by atoms with E-state index in [1.807, 2.05) is 6.07 Å². The van der Waals surface area contributed by atoms with Crippen molar-refractivity contribution in [2.24, 2.45) is 0 Å². The number of aromatic nitrogens is 1. The Morgan fingerprint density at radius 1 is 0.842 bits per heavy atom. The number of hydrogen-bond donors (Lipinski definition) is 0. The van der Waals surface area contributed by atoms with Crippen molar-refractivity contribution >= 4 is 21.7 Å². The summed E-state index contributed by atoms with van der Waals surface area (Å²) in [6.45, 7) is 1.77. The lowest BCUT2D eigenvalue weighted by Gasteiger charge is -2.13. The molecule has 4 heteroatoms. The van der Waals surface area contributed by atoms with Gasteiger partial charge in [-0.05, 0) is 17.9 Å². The molecule has 1 nitrogen and oxygen atoms in total. The van der Waals surface area contributed by atoms with Crippen molar-refractivity contribution < 1.29 is 13.2 Å². The van der Waals surface area contributed by atoms with Gasteiger partial charge in [-0.2, -0.15) is 13.2 Å². The van der Waals surface area contributed by atoms with E-state index in [4.69, 9.17) is 0 Å². The number of fused-ring (bicyclic) bond motifs is 3. The van der Waals surface area contributed by atoms with Crippen LogP contribution >= 0.6 is 0 Å². The summed E-state index contributed by atoms with van der Waals surface area (Å²) in [5.74, 6) is 0. The van der Waals surface area contributed by atoms with E-state index < -0.39 is 11.9 Å². The molecular weight excluding hydrogens is 251 g/mol. The number of benzene rings is 2. The molecule has 1 aromatic heterocycles. The molecule has 1 heterocycles. The number of halogens is 3. The number of nitrogens with zero attached hydrogens (tertiary/aromatic N) is 1. The molecule has 2 aromatic carbocycles. The van der Waals surface area contributed by atoms with Crippen LogP contribution in [0.1, 0.15) is 11.3 Å². The number of aryl methyl sites for hydroxylation is 1. The topological polar surface area (TPSA) is 12.9 Å². The molecule has 0 saturated heterocycles. The largest absolute Gasteiger partial charge is 0.433 e. The van der Waals surface area contributed by atoms with Crippen LogP contribution in [-0.2, 0) is 6.18 Å². The Labute approximate surface area is 107 Å². The standard InChI is InChI=1S/C15H10F3N/c1-9-5-4-8-11-10-6-2-3-7-12(10)14(15(16,17)18)19-13(9)11/h2-8H,1H3. The van der Waals surface area contributed by atoms with Gasteiger partial charge in [0.05, 0.1) is 5.52 Å². The molecule has 3 aromatic rings. The smallest absolute Gasteiger partial charge is 0.242 e. The van der Waals surface area contributed by atoms with E-state index in [1.54, 1.807) is 37.3 Å². The van der Waals surface area contributed by atoms with E-state index in [1.165, 1.54) is 6.07 Å². The average Bonchev–Trinajstić information content (AvgIpc) is 2.37. The fourth-order valence-corrected chi connectivity index (χ4v) is 2.34. The molecule has 0 saturated carbocycles. The molecule has 19 heavy (non-hydrogen) atoms. The lowest BCUT2D eigenvalue weighted by Crippen LogP contribution is -2.09. The molecule has 0 spiro atoms. The first kappa shape index (κ1) is 12.0. The van der Waals surface area contributed by atoms with Crippen molar-refractivity contribution in [3.05, 3.63) is 53.7 Å². The van der Waals surface area contributed by atoms with Crippen LogP contribution in [0.3, 0.4) is 0 Å². The zero-order valence-electron chi connectivity index (χ0n) is 10.1. The van der Waals surface area contributed by atoms with Crippen molar-refractivity contribution in [1.82, 2.24) is 4.98 Å². The summed E-state index contributed by atoms with van der Waals surface area (Å²) in [6.07, 6.45) is -4.45. The molecule has 0 aliphatic heterocycles. The average molecular weight is 261 g/mol. The number of alkyl halides is 3. The molecule has 0 radical (unpaired) electrons. The van der Waals surface area contributed by atoms with E-state index in [0.29, 0.717) is 10.9 Å². The second-order valence-corrected chi connectivity index (χ2v) is 4.47. The van der Waals surface area contributed by atoms with Crippen molar-refractivity contribution in [3.8, 4) is 0 Å². The normalized spacial score (nSPS) is 12.2. The van der Waals surface area contributed by atoms with Crippen molar-refractivity contribution in [1.29, 1.82) is 0 Å². The summed E-state index contributed by atoms with van der Waals surface area (Å²) in [5, 5.41) is 1.49. The summed E-state index contributed by atoms with van der Waals surface area (Å²) in [4.78, 5) is 3.85. The highest BCUT2D eigenvalue weighted by Gasteiger charge is 2.35. The molecule has 0 N–H and O–H groups in total. The number of rotatable bonds is 0. The van der Waals surface area contributed by atoms with Crippen molar-refractivity contribution in [2.75, 3.05) is 0 Å². The third-order valence-corrected chi connectivity index (χ3v) is 3.20. The zero-order chi connectivity index (χ0) is 13.6. The second kappa shape index (κ2) is 3.95. The van der Waals surface area contributed by atoms with Crippen molar-refractivity contribution in [3.63, 3.8) is 0 Å². The van der Waals surface area contributed by atoms with Crippen LogP contribution in [0.2, 0.25) is 0 Å². The molecule has 3 rings (SSSR count). The summed E-state index contributed by atoms with van der Waals surface area (Å²) in [5.41, 5.74) is 0.340. The third kappa shape index (κ3) is 1.84. The first-order valence-corrected chi connectivity index (χ1v) is 5.84. The highest BCUT2D eigenvalue weighted by molar-refractivity contribution is 6.07. The Kier molecular flexibility index (Phi) is 2.49. The molecular formula is C15H10F3N. The van der Waals surface area contributed by atoms with Crippen LogP contribution in [-0.4, -0.2) is 4.98 Å². The van der Waals surface area contributed by atoms with Gasteiger partial charge in [-0.25, -0.2) is 4.98 Å². The predicted octanol–water partition coefficient (Wildman–Crippen LogP) is 4.72. The van der Waals surface area contributed by atoms with E-state index >= 15 is 0 Å². The Balaban J connectivity index is 2.58. The van der Waals surface area contributed by atoms with E-state index in [2.05, 4.69) is 4.98 Å². The molecule has 0 amide bonds. The van der Waals surface area contributed by atoms with Gasteiger partial charge in [-0.3, -0.25) is 0 Å². The fourth-order valence-electron chi connectivity index (χ4n) is 2.34. The minimum absolute atomic E-state index is 0.146. The first-order chi connectivity index (χ1) is 8.98. The molecule has 0 unspecified atom stereocenters. The highest BCUT2D eigenvalue weighted by Crippen LogP contribution is 2.36. The number of pyridine rings is 1. The monoisotopic (exact) mass is 261 g/mol. The summed E-state index contributed by atoms with van der Waals surface area (Å²) in [6, 6.07) is 11.9. The summed E-state index contributed by atoms with van der Waals surface area (Å²) in [7, 11) is 0. The van der Waals surface area contributed by atoms with Gasteiger partial charge in [0.15, 0.2) is 5.69 Å². The maximum atomic E-state index is 13.1. The quantitative estimate of drug-likeness (QED) is 0.534. The molecule has 0 bridgehead atoms. The van der Waals surface area contributed by atoms with Gasteiger partial charge in [0, 0.05) is 10.8 Å². The lowest BCUT2D eigenvalue weighted by atomic mass is 10.0. The minimum atomic E-state index is -4.45. The predicted molar refractivity (Wildman–Crippen MR) is 69.0 cm³/mol. The van der Waals surface area contributed by atoms with Crippen molar-refractivity contribution in [2.45, 2.75) is 13.1 Å².